The van der Waals surface area contributed by atoms with Crippen molar-refractivity contribution in [3.63, 3.8) is 0 Å². The third kappa shape index (κ3) is 4.28. The number of aromatic nitrogens is 1. The lowest BCUT2D eigenvalue weighted by molar-refractivity contribution is -0.141. The highest BCUT2D eigenvalue weighted by molar-refractivity contribution is 7.90. The molecule has 0 radical (unpaired) electrons. The standard InChI is InChI=1S/C22H18N2O5S2/c1-29-20(25)13-24-18-10-9-17(31(2,27)28)12-19(18)30-22(24)23-21(26)16-8-7-14-5-3-4-6-15(14)11-16/h3-12H,13H2,1-2H3. The topological polar surface area (TPSA) is 94.8 Å². The molecule has 0 aliphatic heterocycles. The molecular weight excluding hydrogens is 436 g/mol. The molecule has 1 aromatic heterocycles. The zero-order valence-electron chi connectivity index (χ0n) is 16.7. The maximum Gasteiger partial charge on any atom is 0.325 e. The molecule has 4 rings (SSSR count). The number of sulfone groups is 1. The van der Waals surface area contributed by atoms with Crippen molar-refractivity contribution in [1.29, 1.82) is 0 Å². The van der Waals surface area contributed by atoms with Gasteiger partial charge in [0.1, 0.15) is 6.54 Å². The van der Waals surface area contributed by atoms with Gasteiger partial charge in [0.05, 0.1) is 22.2 Å². The Morgan fingerprint density at radius 1 is 1.03 bits per heavy atom. The van der Waals surface area contributed by atoms with E-state index in [1.165, 1.54) is 19.2 Å². The van der Waals surface area contributed by atoms with Crippen molar-refractivity contribution in [2.45, 2.75) is 11.4 Å². The summed E-state index contributed by atoms with van der Waals surface area (Å²) in [5.74, 6) is -0.967. The van der Waals surface area contributed by atoms with Crippen LogP contribution < -0.4 is 4.80 Å². The van der Waals surface area contributed by atoms with Crippen LogP contribution in [-0.4, -0.2) is 38.2 Å². The summed E-state index contributed by atoms with van der Waals surface area (Å²) in [6, 6.07) is 17.6. The van der Waals surface area contributed by atoms with Gasteiger partial charge in [-0.15, -0.1) is 0 Å². The fourth-order valence-corrected chi connectivity index (χ4v) is 4.98. The molecule has 158 valence electrons. The van der Waals surface area contributed by atoms with E-state index in [4.69, 9.17) is 4.74 Å². The highest BCUT2D eigenvalue weighted by Crippen LogP contribution is 2.22. The number of carbonyl (C=O) groups is 2. The number of thiazole rings is 1. The van der Waals surface area contributed by atoms with E-state index >= 15 is 0 Å². The number of amides is 1. The predicted octanol–water partition coefficient (Wildman–Crippen LogP) is 3.17. The summed E-state index contributed by atoms with van der Waals surface area (Å²) in [5.41, 5.74) is 1.01. The smallest absolute Gasteiger partial charge is 0.325 e. The summed E-state index contributed by atoms with van der Waals surface area (Å²) in [5, 5.41) is 1.93. The van der Waals surface area contributed by atoms with E-state index in [0.29, 0.717) is 15.8 Å². The molecule has 0 N–H and O–H groups in total. The molecule has 0 fully saturated rings. The summed E-state index contributed by atoms with van der Waals surface area (Å²) in [6.45, 7) is -0.154. The van der Waals surface area contributed by atoms with Crippen LogP contribution in [0, 0.1) is 0 Å². The van der Waals surface area contributed by atoms with Crippen molar-refractivity contribution < 1.29 is 22.7 Å². The first-order valence-corrected chi connectivity index (χ1v) is 12.0. The Bertz CT molecular complexity index is 1510. The number of hydrogen-bond donors (Lipinski definition) is 0. The number of methoxy groups -OCH3 is 1. The van der Waals surface area contributed by atoms with E-state index in [9.17, 15) is 18.0 Å². The molecule has 0 saturated carbocycles. The first-order chi connectivity index (χ1) is 14.8. The lowest BCUT2D eigenvalue weighted by Crippen LogP contribution is -2.22. The highest BCUT2D eigenvalue weighted by atomic mass is 32.2. The van der Waals surface area contributed by atoms with Gasteiger partial charge in [0, 0.05) is 11.8 Å². The average molecular weight is 455 g/mol. The Morgan fingerprint density at radius 3 is 2.48 bits per heavy atom. The van der Waals surface area contributed by atoms with E-state index in [1.54, 1.807) is 22.8 Å². The molecule has 3 aromatic carbocycles. The van der Waals surface area contributed by atoms with Crippen molar-refractivity contribution in [2.24, 2.45) is 4.99 Å². The minimum absolute atomic E-state index is 0.152. The average Bonchev–Trinajstić information content (AvgIpc) is 3.08. The normalized spacial score (nSPS) is 12.4. The number of hydrogen-bond acceptors (Lipinski definition) is 6. The summed E-state index contributed by atoms with van der Waals surface area (Å²) < 4.78 is 30.7. The second kappa shape index (κ2) is 8.09. The van der Waals surface area contributed by atoms with Crippen LogP contribution in [0.1, 0.15) is 10.4 Å². The zero-order chi connectivity index (χ0) is 22.2. The van der Waals surface area contributed by atoms with Gasteiger partial charge in [-0.05, 0) is 41.1 Å². The molecular formula is C22H18N2O5S2. The lowest BCUT2D eigenvalue weighted by atomic mass is 10.1. The summed E-state index contributed by atoms with van der Waals surface area (Å²) in [6.07, 6.45) is 1.12. The van der Waals surface area contributed by atoms with E-state index in [0.717, 1.165) is 28.4 Å². The minimum atomic E-state index is -3.40. The fourth-order valence-electron chi connectivity index (χ4n) is 3.19. The van der Waals surface area contributed by atoms with Gasteiger partial charge in [0.25, 0.3) is 5.91 Å². The van der Waals surface area contributed by atoms with E-state index < -0.39 is 21.7 Å². The summed E-state index contributed by atoms with van der Waals surface area (Å²) in [7, 11) is -2.13. The number of benzene rings is 3. The molecule has 0 aliphatic carbocycles. The van der Waals surface area contributed by atoms with Crippen LogP contribution >= 0.6 is 11.3 Å². The van der Waals surface area contributed by atoms with Gasteiger partial charge in [-0.2, -0.15) is 4.99 Å². The molecule has 0 saturated heterocycles. The van der Waals surface area contributed by atoms with Crippen LogP contribution in [0.25, 0.3) is 21.0 Å². The van der Waals surface area contributed by atoms with Crippen molar-refractivity contribution in [2.75, 3.05) is 13.4 Å². The molecule has 7 nitrogen and oxygen atoms in total. The van der Waals surface area contributed by atoms with Gasteiger partial charge < -0.3 is 9.30 Å². The van der Waals surface area contributed by atoms with E-state index in [-0.39, 0.29) is 16.2 Å². The van der Waals surface area contributed by atoms with Crippen molar-refractivity contribution in [1.82, 2.24) is 4.57 Å². The SMILES string of the molecule is COC(=O)Cn1c(=NC(=O)c2ccc3ccccc3c2)sc2cc(S(C)(=O)=O)ccc21. The zero-order valence-corrected chi connectivity index (χ0v) is 18.4. The minimum Gasteiger partial charge on any atom is -0.468 e. The molecule has 31 heavy (non-hydrogen) atoms. The first-order valence-electron chi connectivity index (χ1n) is 9.24. The van der Waals surface area contributed by atoms with Gasteiger partial charge in [0.15, 0.2) is 14.6 Å². The predicted molar refractivity (Wildman–Crippen MR) is 119 cm³/mol. The second-order valence-electron chi connectivity index (χ2n) is 6.93. The quantitative estimate of drug-likeness (QED) is 0.442. The largest absolute Gasteiger partial charge is 0.468 e. The molecule has 0 atom stereocenters. The Kier molecular flexibility index (Phi) is 5.47. The van der Waals surface area contributed by atoms with Gasteiger partial charge in [-0.25, -0.2) is 8.42 Å². The highest BCUT2D eigenvalue weighted by Gasteiger charge is 2.15. The molecule has 4 aromatic rings. The molecule has 9 heteroatoms. The van der Waals surface area contributed by atoms with Crippen LogP contribution in [0.3, 0.4) is 0 Å². The summed E-state index contributed by atoms with van der Waals surface area (Å²) >= 11 is 1.14. The molecule has 0 bridgehead atoms. The number of nitrogens with zero attached hydrogens (tertiary/aromatic N) is 2. The molecule has 0 aliphatic rings. The van der Waals surface area contributed by atoms with E-state index in [1.807, 2.05) is 30.3 Å². The molecule has 1 amide bonds. The monoisotopic (exact) mass is 454 g/mol. The Labute approximate surface area is 182 Å². The Balaban J connectivity index is 1.86. The number of ether oxygens (including phenoxy) is 1. The molecule has 1 heterocycles. The van der Waals surface area contributed by atoms with Gasteiger partial charge >= 0.3 is 5.97 Å². The van der Waals surface area contributed by atoms with Crippen molar-refractivity contribution >= 4 is 54.0 Å². The van der Waals surface area contributed by atoms with E-state index in [2.05, 4.69) is 4.99 Å². The van der Waals surface area contributed by atoms with Gasteiger partial charge in [0.2, 0.25) is 0 Å². The fraction of sp³-hybridized carbons (Fsp3) is 0.136. The lowest BCUT2D eigenvalue weighted by Gasteiger charge is -2.04. The Hall–Kier alpha value is -3.30. The van der Waals surface area contributed by atoms with Gasteiger partial charge in [-0.1, -0.05) is 41.7 Å². The van der Waals surface area contributed by atoms with Crippen LogP contribution in [0.2, 0.25) is 0 Å². The third-order valence-electron chi connectivity index (χ3n) is 4.79. The molecule has 0 unspecified atom stereocenters. The second-order valence-corrected chi connectivity index (χ2v) is 9.95. The summed E-state index contributed by atoms with van der Waals surface area (Å²) in [4.78, 5) is 29.5. The van der Waals surface area contributed by atoms with Gasteiger partial charge in [-0.3, -0.25) is 9.59 Å². The number of carbonyl (C=O) groups excluding carboxylic acids is 2. The third-order valence-corrected chi connectivity index (χ3v) is 6.94. The van der Waals surface area contributed by atoms with Crippen LogP contribution in [-0.2, 0) is 25.9 Å². The van der Waals surface area contributed by atoms with Crippen LogP contribution in [0.15, 0.2) is 70.6 Å². The maximum absolute atomic E-state index is 12.9. The number of esters is 1. The number of fused-ring (bicyclic) bond motifs is 2. The van der Waals surface area contributed by atoms with Crippen molar-refractivity contribution in [3.05, 3.63) is 71.0 Å². The van der Waals surface area contributed by atoms with Crippen LogP contribution in [0.5, 0.6) is 0 Å². The number of rotatable bonds is 4. The van der Waals surface area contributed by atoms with Crippen molar-refractivity contribution in [3.8, 4) is 0 Å². The Morgan fingerprint density at radius 2 is 1.77 bits per heavy atom. The maximum atomic E-state index is 12.9. The molecule has 0 spiro atoms. The first kappa shape index (κ1) is 21.0. The van der Waals surface area contributed by atoms with Crippen LogP contribution in [0.4, 0.5) is 0 Å².